The molecular formula is C22H38O16. The summed E-state index contributed by atoms with van der Waals surface area (Å²) in [5, 5.41) is 91.4. The van der Waals surface area contributed by atoms with Gasteiger partial charge < -0.3 is 79.1 Å². The van der Waals surface area contributed by atoms with Gasteiger partial charge in [-0.15, -0.1) is 0 Å². The van der Waals surface area contributed by atoms with Crippen LogP contribution in [0.2, 0.25) is 0 Å². The van der Waals surface area contributed by atoms with E-state index in [0.717, 1.165) is 0 Å². The molecule has 16 heteroatoms. The van der Waals surface area contributed by atoms with Gasteiger partial charge in [-0.05, 0) is 6.92 Å². The fourth-order valence-corrected chi connectivity index (χ4v) is 4.85. The molecule has 16 atom stereocenters. The Labute approximate surface area is 217 Å². The van der Waals surface area contributed by atoms with Gasteiger partial charge in [-0.3, -0.25) is 0 Å². The maximum absolute atomic E-state index is 10.9. The average molecular weight is 559 g/mol. The molecule has 0 unspecified atom stereocenters. The number of aliphatic hydroxyl groups excluding tert-OH is 9. The Balaban J connectivity index is 1.45. The third-order valence-electron chi connectivity index (χ3n) is 7.16. The largest absolute Gasteiger partial charge is 0.394 e. The van der Waals surface area contributed by atoms with Gasteiger partial charge in [0.15, 0.2) is 18.9 Å². The van der Waals surface area contributed by atoms with Gasteiger partial charge in [0, 0.05) is 6.42 Å². The van der Waals surface area contributed by atoms with Crippen molar-refractivity contribution in [3.63, 3.8) is 0 Å². The van der Waals surface area contributed by atoms with E-state index < -0.39 is 105 Å². The Kier molecular flexibility index (Phi) is 10.3. The Hall–Kier alpha value is -0.640. The molecule has 0 radical (unpaired) electrons. The van der Waals surface area contributed by atoms with Crippen molar-refractivity contribution in [2.75, 3.05) is 26.4 Å². The van der Waals surface area contributed by atoms with E-state index in [9.17, 15) is 46.0 Å². The highest BCUT2D eigenvalue weighted by Crippen LogP contribution is 2.31. The van der Waals surface area contributed by atoms with E-state index in [4.69, 9.17) is 33.2 Å². The standard InChI is InChI=1S/C22H38O16/c1-7-17(19(12(27)5-32-7)38-22-14(29)9(24)2-8(3-23)35-22)36-21-16(31)18(11(26)6-34-21)37-20-15(30)13(28)10(25)4-33-20/h7-31H,2-6H2,1H3/t7-,8-,9-,10+,11+,12-,13-,14+,15+,16+,17-,18-,19-,20-,21-,22-/m0/s1. The summed E-state index contributed by atoms with van der Waals surface area (Å²) in [4.78, 5) is 0. The van der Waals surface area contributed by atoms with Crippen molar-refractivity contribution in [3.05, 3.63) is 0 Å². The van der Waals surface area contributed by atoms with Crippen molar-refractivity contribution in [2.45, 2.75) is 112 Å². The summed E-state index contributed by atoms with van der Waals surface area (Å²) in [6, 6.07) is 0. The van der Waals surface area contributed by atoms with Crippen molar-refractivity contribution in [2.24, 2.45) is 0 Å². The van der Waals surface area contributed by atoms with E-state index in [1.54, 1.807) is 6.92 Å². The van der Waals surface area contributed by atoms with Gasteiger partial charge in [0.25, 0.3) is 0 Å². The first-order chi connectivity index (χ1) is 18.0. The third-order valence-corrected chi connectivity index (χ3v) is 7.16. The lowest BCUT2D eigenvalue weighted by molar-refractivity contribution is -0.361. The molecule has 0 aromatic rings. The number of ether oxygens (including phenoxy) is 7. The second kappa shape index (κ2) is 12.9. The summed E-state index contributed by atoms with van der Waals surface area (Å²) in [7, 11) is 0. The SMILES string of the molecule is C[C@@H]1OC[C@H](O)[C@H](O[C@@H]2O[C@H](CO)C[C@H](O)[C@H]2O)[C@H]1O[C@@H]1OC[C@@H](O)[C@H](O[C@@H]2OC[C@@H](O)[C@H](O)[C@H]2O)[C@H]1O. The van der Waals surface area contributed by atoms with Crippen LogP contribution in [0.1, 0.15) is 13.3 Å². The molecule has 4 aliphatic heterocycles. The Morgan fingerprint density at radius 3 is 1.82 bits per heavy atom. The predicted molar refractivity (Wildman–Crippen MR) is 118 cm³/mol. The molecule has 0 bridgehead atoms. The summed E-state index contributed by atoms with van der Waals surface area (Å²) < 4.78 is 38.9. The monoisotopic (exact) mass is 558 g/mol. The van der Waals surface area contributed by atoms with E-state index in [-0.39, 0.29) is 26.2 Å². The molecule has 4 heterocycles. The smallest absolute Gasteiger partial charge is 0.186 e. The van der Waals surface area contributed by atoms with Gasteiger partial charge in [0.1, 0.15) is 61.0 Å². The second-order valence-electron chi connectivity index (χ2n) is 10.0. The molecule has 0 aromatic heterocycles. The summed E-state index contributed by atoms with van der Waals surface area (Å²) >= 11 is 0. The van der Waals surface area contributed by atoms with Crippen LogP contribution in [0.4, 0.5) is 0 Å². The molecule has 0 amide bonds. The van der Waals surface area contributed by atoms with Crippen LogP contribution in [0.25, 0.3) is 0 Å². The lowest BCUT2D eigenvalue weighted by atomic mass is 9.98. The van der Waals surface area contributed by atoms with Crippen LogP contribution in [0.3, 0.4) is 0 Å². The summed E-state index contributed by atoms with van der Waals surface area (Å²) in [5.74, 6) is 0. The lowest BCUT2D eigenvalue weighted by Crippen LogP contribution is -2.63. The predicted octanol–water partition coefficient (Wildman–Crippen LogP) is -5.73. The first-order valence-corrected chi connectivity index (χ1v) is 12.5. The van der Waals surface area contributed by atoms with E-state index >= 15 is 0 Å². The first-order valence-electron chi connectivity index (χ1n) is 12.5. The quantitative estimate of drug-likeness (QED) is 0.141. The summed E-state index contributed by atoms with van der Waals surface area (Å²) in [6.07, 6.45) is -21.3. The molecule has 0 saturated carbocycles. The van der Waals surface area contributed by atoms with Crippen molar-refractivity contribution in [1.82, 2.24) is 0 Å². The Morgan fingerprint density at radius 1 is 0.579 bits per heavy atom. The normalized spacial score (nSPS) is 52.6. The molecule has 222 valence electrons. The average Bonchev–Trinajstić information content (AvgIpc) is 2.89. The molecule has 0 aliphatic carbocycles. The fourth-order valence-electron chi connectivity index (χ4n) is 4.85. The van der Waals surface area contributed by atoms with Gasteiger partial charge in [0.2, 0.25) is 0 Å². The number of rotatable bonds is 7. The van der Waals surface area contributed by atoms with Crippen LogP contribution in [0, 0.1) is 0 Å². The molecular weight excluding hydrogens is 520 g/mol. The number of hydrogen-bond donors (Lipinski definition) is 9. The minimum absolute atomic E-state index is 0.0224. The second-order valence-corrected chi connectivity index (χ2v) is 10.0. The van der Waals surface area contributed by atoms with Crippen molar-refractivity contribution in [1.29, 1.82) is 0 Å². The minimum Gasteiger partial charge on any atom is -0.394 e. The van der Waals surface area contributed by atoms with Crippen LogP contribution < -0.4 is 0 Å². The van der Waals surface area contributed by atoms with Gasteiger partial charge in [-0.2, -0.15) is 0 Å². The molecule has 38 heavy (non-hydrogen) atoms. The molecule has 4 fully saturated rings. The highest BCUT2D eigenvalue weighted by atomic mass is 16.8. The van der Waals surface area contributed by atoms with Crippen LogP contribution in [-0.4, -0.2) is 171 Å². The Bertz CT molecular complexity index is 746. The van der Waals surface area contributed by atoms with Gasteiger partial charge in [0.05, 0.1) is 44.7 Å². The van der Waals surface area contributed by atoms with Crippen LogP contribution >= 0.6 is 0 Å². The molecule has 4 saturated heterocycles. The van der Waals surface area contributed by atoms with Crippen molar-refractivity contribution >= 4 is 0 Å². The van der Waals surface area contributed by atoms with Crippen molar-refractivity contribution < 1.29 is 79.1 Å². The van der Waals surface area contributed by atoms with Crippen LogP contribution in [0.5, 0.6) is 0 Å². The van der Waals surface area contributed by atoms with E-state index in [0.29, 0.717) is 0 Å². The molecule has 9 N–H and O–H groups in total. The molecule has 4 aliphatic rings. The molecule has 4 rings (SSSR count). The van der Waals surface area contributed by atoms with Gasteiger partial charge in [-0.1, -0.05) is 0 Å². The molecule has 0 aromatic carbocycles. The highest BCUT2D eigenvalue weighted by Gasteiger charge is 2.50. The van der Waals surface area contributed by atoms with Crippen molar-refractivity contribution in [3.8, 4) is 0 Å². The third kappa shape index (κ3) is 6.46. The molecule has 16 nitrogen and oxygen atoms in total. The minimum atomic E-state index is -1.67. The maximum atomic E-state index is 10.9. The lowest BCUT2D eigenvalue weighted by Gasteiger charge is -2.46. The van der Waals surface area contributed by atoms with Gasteiger partial charge >= 0.3 is 0 Å². The zero-order valence-electron chi connectivity index (χ0n) is 20.7. The number of aliphatic hydroxyl groups is 9. The Morgan fingerprint density at radius 2 is 1.13 bits per heavy atom. The topological polar surface area (TPSA) is 247 Å². The van der Waals surface area contributed by atoms with Gasteiger partial charge in [-0.25, -0.2) is 0 Å². The first kappa shape index (κ1) is 30.3. The number of hydrogen-bond acceptors (Lipinski definition) is 16. The highest BCUT2D eigenvalue weighted by molar-refractivity contribution is 4.93. The van der Waals surface area contributed by atoms with Crippen LogP contribution in [0.15, 0.2) is 0 Å². The van der Waals surface area contributed by atoms with E-state index in [2.05, 4.69) is 0 Å². The zero-order chi connectivity index (χ0) is 27.7. The van der Waals surface area contributed by atoms with Crippen LogP contribution in [-0.2, 0) is 33.2 Å². The fraction of sp³-hybridized carbons (Fsp3) is 1.00. The summed E-state index contributed by atoms with van der Waals surface area (Å²) in [5.41, 5.74) is 0. The zero-order valence-corrected chi connectivity index (χ0v) is 20.7. The van der Waals surface area contributed by atoms with E-state index in [1.807, 2.05) is 0 Å². The summed E-state index contributed by atoms with van der Waals surface area (Å²) in [6.45, 7) is 0.285. The maximum Gasteiger partial charge on any atom is 0.186 e. The van der Waals surface area contributed by atoms with E-state index in [1.165, 1.54) is 0 Å². The molecule has 0 spiro atoms.